The fourth-order valence-corrected chi connectivity index (χ4v) is 3.00. The molecule has 1 unspecified atom stereocenters. The highest BCUT2D eigenvalue weighted by Gasteiger charge is 2.32. The van der Waals surface area contributed by atoms with Gasteiger partial charge in [-0.1, -0.05) is 0 Å². The van der Waals surface area contributed by atoms with E-state index in [4.69, 9.17) is 4.74 Å². The molecule has 1 amide bonds. The number of nitrogens with zero attached hydrogens (tertiary/aromatic N) is 3. The maximum Gasteiger partial charge on any atom is 0.410 e. The molecule has 1 fully saturated rings. The van der Waals surface area contributed by atoms with E-state index in [1.165, 1.54) is 11.3 Å². The summed E-state index contributed by atoms with van der Waals surface area (Å²) in [4.78, 5) is 13.9. The zero-order chi connectivity index (χ0) is 15.0. The quantitative estimate of drug-likeness (QED) is 0.856. The summed E-state index contributed by atoms with van der Waals surface area (Å²) >= 11 is 0. The van der Waals surface area contributed by atoms with E-state index in [0.29, 0.717) is 6.54 Å². The summed E-state index contributed by atoms with van der Waals surface area (Å²) in [6, 6.07) is 0.265. The van der Waals surface area contributed by atoms with E-state index in [1.807, 2.05) is 27.0 Å². The van der Waals surface area contributed by atoms with Gasteiger partial charge in [-0.2, -0.15) is 5.10 Å². The first-order valence-corrected chi connectivity index (χ1v) is 7.68. The van der Waals surface area contributed by atoms with Crippen molar-refractivity contribution in [2.45, 2.75) is 51.8 Å². The Morgan fingerprint density at radius 1 is 1.48 bits per heavy atom. The Labute approximate surface area is 125 Å². The summed E-state index contributed by atoms with van der Waals surface area (Å²) in [5.74, 6) is 0. The minimum atomic E-state index is -0.441. The zero-order valence-electron chi connectivity index (χ0n) is 13.1. The molecule has 0 bridgehead atoms. The van der Waals surface area contributed by atoms with Crippen molar-refractivity contribution in [2.75, 3.05) is 19.6 Å². The number of carbonyl (C=O) groups excluding carboxylic acids is 1. The number of hydrogen-bond donors (Lipinski definition) is 1. The molecule has 0 aliphatic carbocycles. The Kier molecular flexibility index (Phi) is 3.65. The van der Waals surface area contributed by atoms with Crippen LogP contribution < -0.4 is 5.32 Å². The minimum absolute atomic E-state index is 0.218. The van der Waals surface area contributed by atoms with Gasteiger partial charge in [0.15, 0.2) is 0 Å². The smallest absolute Gasteiger partial charge is 0.410 e. The largest absolute Gasteiger partial charge is 0.444 e. The highest BCUT2D eigenvalue weighted by Crippen LogP contribution is 2.26. The third-order valence-electron chi connectivity index (χ3n) is 4.01. The van der Waals surface area contributed by atoms with Gasteiger partial charge in [0.25, 0.3) is 0 Å². The summed E-state index contributed by atoms with van der Waals surface area (Å²) in [5, 5.41) is 7.94. The Bertz CT molecular complexity index is 532. The third-order valence-corrected chi connectivity index (χ3v) is 4.01. The van der Waals surface area contributed by atoms with Gasteiger partial charge in [0.2, 0.25) is 0 Å². The number of amides is 1. The van der Waals surface area contributed by atoms with E-state index < -0.39 is 5.60 Å². The molecule has 21 heavy (non-hydrogen) atoms. The fraction of sp³-hybridized carbons (Fsp3) is 0.733. The van der Waals surface area contributed by atoms with Crippen molar-refractivity contribution in [1.82, 2.24) is 20.0 Å². The van der Waals surface area contributed by atoms with Gasteiger partial charge in [0, 0.05) is 19.6 Å². The molecule has 3 rings (SSSR count). The molecule has 0 saturated carbocycles. The van der Waals surface area contributed by atoms with Crippen molar-refractivity contribution in [3.63, 3.8) is 0 Å². The molecule has 2 aliphatic heterocycles. The van der Waals surface area contributed by atoms with Crippen LogP contribution in [0.15, 0.2) is 6.20 Å². The summed E-state index contributed by atoms with van der Waals surface area (Å²) in [7, 11) is 0. The average molecular weight is 292 g/mol. The van der Waals surface area contributed by atoms with Crippen molar-refractivity contribution in [2.24, 2.45) is 0 Å². The lowest BCUT2D eigenvalue weighted by Crippen LogP contribution is -2.35. The topological polar surface area (TPSA) is 59.4 Å². The predicted molar refractivity (Wildman–Crippen MR) is 79.1 cm³/mol. The molecular weight excluding hydrogens is 268 g/mol. The van der Waals surface area contributed by atoms with Gasteiger partial charge in [-0.15, -0.1) is 0 Å². The summed E-state index contributed by atoms with van der Waals surface area (Å²) < 4.78 is 7.55. The first-order valence-electron chi connectivity index (χ1n) is 7.68. The molecule has 0 radical (unpaired) electrons. The van der Waals surface area contributed by atoms with Crippen molar-refractivity contribution < 1.29 is 9.53 Å². The maximum absolute atomic E-state index is 12.1. The second-order valence-electron chi connectivity index (χ2n) is 6.86. The van der Waals surface area contributed by atoms with Gasteiger partial charge in [-0.3, -0.25) is 4.68 Å². The molecule has 116 valence electrons. The van der Waals surface area contributed by atoms with Crippen LogP contribution in [0.25, 0.3) is 0 Å². The maximum atomic E-state index is 12.1. The van der Waals surface area contributed by atoms with E-state index in [-0.39, 0.29) is 12.1 Å². The molecule has 2 aliphatic rings. The van der Waals surface area contributed by atoms with Crippen LogP contribution in [0.2, 0.25) is 0 Å². The number of nitrogens with one attached hydrogen (secondary N) is 1. The van der Waals surface area contributed by atoms with Crippen molar-refractivity contribution in [3.05, 3.63) is 17.5 Å². The average Bonchev–Trinajstić information content (AvgIpc) is 3.03. The Hall–Kier alpha value is -1.56. The second-order valence-corrected chi connectivity index (χ2v) is 6.86. The number of carbonyl (C=O) groups is 1. The van der Waals surface area contributed by atoms with Gasteiger partial charge in [0.05, 0.1) is 17.9 Å². The summed E-state index contributed by atoms with van der Waals surface area (Å²) in [5.41, 5.74) is 2.17. The number of fused-ring (bicyclic) bond motifs is 1. The zero-order valence-corrected chi connectivity index (χ0v) is 13.1. The Balaban J connectivity index is 1.67. The molecule has 0 spiro atoms. The van der Waals surface area contributed by atoms with Gasteiger partial charge in [0.1, 0.15) is 5.60 Å². The van der Waals surface area contributed by atoms with E-state index in [0.717, 1.165) is 32.5 Å². The number of hydrogen-bond acceptors (Lipinski definition) is 4. The normalized spacial score (nSPS) is 22.2. The van der Waals surface area contributed by atoms with Crippen molar-refractivity contribution >= 4 is 6.09 Å². The van der Waals surface area contributed by atoms with E-state index in [9.17, 15) is 4.79 Å². The molecule has 3 heterocycles. The molecule has 1 atom stereocenters. The van der Waals surface area contributed by atoms with E-state index in [1.54, 1.807) is 4.90 Å². The van der Waals surface area contributed by atoms with Crippen LogP contribution in [-0.2, 0) is 17.7 Å². The lowest BCUT2D eigenvalue weighted by atomic mass is 10.1. The molecular formula is C15H24N4O2. The summed E-state index contributed by atoms with van der Waals surface area (Å²) in [6.07, 6.45) is 3.74. The van der Waals surface area contributed by atoms with Crippen LogP contribution >= 0.6 is 0 Å². The van der Waals surface area contributed by atoms with Gasteiger partial charge in [-0.25, -0.2) is 4.79 Å². The molecule has 6 nitrogen and oxygen atoms in total. The second kappa shape index (κ2) is 5.33. The first-order chi connectivity index (χ1) is 9.94. The van der Waals surface area contributed by atoms with Gasteiger partial charge < -0.3 is 15.0 Å². The van der Waals surface area contributed by atoms with Crippen LogP contribution in [0.5, 0.6) is 0 Å². The molecule has 1 N–H and O–H groups in total. The van der Waals surface area contributed by atoms with Crippen LogP contribution in [0, 0.1) is 0 Å². The van der Waals surface area contributed by atoms with Crippen LogP contribution in [-0.4, -0.2) is 46.0 Å². The van der Waals surface area contributed by atoms with Crippen LogP contribution in [0.4, 0.5) is 4.79 Å². The highest BCUT2D eigenvalue weighted by atomic mass is 16.6. The summed E-state index contributed by atoms with van der Waals surface area (Å²) in [6.45, 7) is 9.01. The van der Waals surface area contributed by atoms with Crippen LogP contribution in [0.1, 0.15) is 44.5 Å². The molecule has 0 aromatic carbocycles. The highest BCUT2D eigenvalue weighted by molar-refractivity contribution is 5.68. The monoisotopic (exact) mass is 292 g/mol. The SMILES string of the molecule is CC(C)(C)OC(=O)N1CCC(n2ncc3c2CNCC3)C1. The van der Waals surface area contributed by atoms with Crippen molar-refractivity contribution in [1.29, 1.82) is 0 Å². The Morgan fingerprint density at radius 2 is 2.29 bits per heavy atom. The van der Waals surface area contributed by atoms with Crippen LogP contribution in [0.3, 0.4) is 0 Å². The van der Waals surface area contributed by atoms with E-state index >= 15 is 0 Å². The van der Waals surface area contributed by atoms with Gasteiger partial charge >= 0.3 is 6.09 Å². The molecule has 1 aromatic rings. The predicted octanol–water partition coefficient (Wildman–Crippen LogP) is 1.71. The lowest BCUT2D eigenvalue weighted by Gasteiger charge is -2.24. The molecule has 1 saturated heterocycles. The van der Waals surface area contributed by atoms with Crippen molar-refractivity contribution in [3.8, 4) is 0 Å². The number of rotatable bonds is 1. The number of ether oxygens (including phenoxy) is 1. The lowest BCUT2D eigenvalue weighted by molar-refractivity contribution is 0.0288. The van der Waals surface area contributed by atoms with Gasteiger partial charge in [-0.05, 0) is 45.7 Å². The number of likely N-dealkylation sites (tertiary alicyclic amines) is 1. The Morgan fingerprint density at radius 3 is 3.05 bits per heavy atom. The minimum Gasteiger partial charge on any atom is -0.444 e. The third kappa shape index (κ3) is 3.05. The fourth-order valence-electron chi connectivity index (χ4n) is 3.00. The van der Waals surface area contributed by atoms with E-state index in [2.05, 4.69) is 15.1 Å². The first kappa shape index (κ1) is 14.4. The standard InChI is InChI=1S/C15H24N4O2/c1-15(2,3)21-14(20)18-7-5-12(10-18)19-13-9-16-6-4-11(13)8-17-19/h8,12,16H,4-7,9-10H2,1-3H3. The number of aromatic nitrogens is 2. The molecule has 1 aromatic heterocycles. The molecule has 6 heteroatoms.